The Morgan fingerprint density at radius 2 is 2.00 bits per heavy atom. The van der Waals surface area contributed by atoms with E-state index < -0.39 is 5.97 Å². The lowest BCUT2D eigenvalue weighted by Crippen LogP contribution is -2.21. The van der Waals surface area contributed by atoms with Gasteiger partial charge in [0.25, 0.3) is 0 Å². The fraction of sp³-hybridized carbons (Fsp3) is 0.222. The summed E-state index contributed by atoms with van der Waals surface area (Å²) >= 11 is 0. The first-order chi connectivity index (χ1) is 11.5. The van der Waals surface area contributed by atoms with Gasteiger partial charge in [-0.1, -0.05) is 17.9 Å². The van der Waals surface area contributed by atoms with E-state index in [4.69, 9.17) is 5.11 Å². The van der Waals surface area contributed by atoms with Crippen LogP contribution in [0.4, 0.5) is 11.4 Å². The van der Waals surface area contributed by atoms with Crippen molar-refractivity contribution in [2.75, 3.05) is 23.4 Å². The molecule has 2 rings (SSSR count). The number of carboxylic acid groups (broad SMARTS) is 1. The highest BCUT2D eigenvalue weighted by Crippen LogP contribution is 2.21. The van der Waals surface area contributed by atoms with Gasteiger partial charge in [-0.25, -0.2) is 4.79 Å². The Balaban J connectivity index is 2.09. The Kier molecular flexibility index (Phi) is 5.78. The van der Waals surface area contributed by atoms with Crippen LogP contribution in [0.25, 0.3) is 0 Å². The van der Waals surface area contributed by atoms with Gasteiger partial charge < -0.3 is 15.1 Å². The lowest BCUT2D eigenvalue weighted by atomic mass is 10.2. The summed E-state index contributed by atoms with van der Waals surface area (Å²) < 4.78 is 0. The van der Waals surface area contributed by atoms with Crippen molar-refractivity contribution in [3.63, 3.8) is 0 Å². The number of rotatable bonds is 7. The van der Waals surface area contributed by atoms with Gasteiger partial charge in [0, 0.05) is 18.8 Å². The van der Waals surface area contributed by atoms with Crippen molar-refractivity contribution >= 4 is 23.6 Å². The second-order valence-corrected chi connectivity index (χ2v) is 5.15. The van der Waals surface area contributed by atoms with E-state index >= 15 is 0 Å². The molecule has 0 unspecified atom stereocenters. The molecule has 0 aliphatic heterocycles. The molecule has 2 N–H and O–H groups in total. The van der Waals surface area contributed by atoms with Crippen molar-refractivity contribution in [3.8, 4) is 5.75 Å². The van der Waals surface area contributed by atoms with Gasteiger partial charge in [-0.3, -0.25) is 5.43 Å². The van der Waals surface area contributed by atoms with Crippen molar-refractivity contribution in [2.24, 2.45) is 5.10 Å². The highest BCUT2D eigenvalue weighted by molar-refractivity contribution is 5.89. The summed E-state index contributed by atoms with van der Waals surface area (Å²) in [5.74, 6) is -1.11. The zero-order valence-electron chi connectivity index (χ0n) is 13.7. The second-order valence-electron chi connectivity index (χ2n) is 5.15. The number of hydrogen-bond donors (Lipinski definition) is 2. The largest absolute Gasteiger partial charge is 0.872 e. The zero-order valence-corrected chi connectivity index (χ0v) is 13.7. The predicted molar refractivity (Wildman–Crippen MR) is 94.1 cm³/mol. The van der Waals surface area contributed by atoms with E-state index in [0.29, 0.717) is 11.3 Å². The molecule has 0 aromatic heterocycles. The topological polar surface area (TPSA) is 88.0 Å². The summed E-state index contributed by atoms with van der Waals surface area (Å²) in [7, 11) is 0. The van der Waals surface area contributed by atoms with Crippen molar-refractivity contribution < 1.29 is 15.0 Å². The van der Waals surface area contributed by atoms with E-state index in [1.54, 1.807) is 24.3 Å². The molecule has 0 fully saturated rings. The van der Waals surface area contributed by atoms with E-state index in [0.717, 1.165) is 18.8 Å². The average Bonchev–Trinajstić information content (AvgIpc) is 2.58. The smallest absolute Gasteiger partial charge is 0.335 e. The molecule has 2 aromatic rings. The van der Waals surface area contributed by atoms with Gasteiger partial charge >= 0.3 is 5.97 Å². The van der Waals surface area contributed by atoms with E-state index in [-0.39, 0.29) is 11.3 Å². The summed E-state index contributed by atoms with van der Waals surface area (Å²) in [5.41, 5.74) is 4.80. The van der Waals surface area contributed by atoms with Gasteiger partial charge in [0.2, 0.25) is 0 Å². The van der Waals surface area contributed by atoms with E-state index in [1.165, 1.54) is 18.3 Å². The third kappa shape index (κ3) is 4.25. The minimum Gasteiger partial charge on any atom is -0.872 e. The van der Waals surface area contributed by atoms with E-state index in [9.17, 15) is 9.90 Å². The number of nitrogens with zero attached hydrogens (tertiary/aromatic N) is 2. The summed E-state index contributed by atoms with van der Waals surface area (Å²) in [5, 5.41) is 25.1. The van der Waals surface area contributed by atoms with Gasteiger partial charge in [-0.2, -0.15) is 5.10 Å². The van der Waals surface area contributed by atoms with Gasteiger partial charge in [-0.05, 0) is 49.7 Å². The molecule has 6 heteroatoms. The monoisotopic (exact) mass is 326 g/mol. The number of carbonyl (C=O) groups is 1. The number of hydrazone groups is 1. The van der Waals surface area contributed by atoms with Gasteiger partial charge in [0.05, 0.1) is 17.5 Å². The quantitative estimate of drug-likeness (QED) is 0.603. The Morgan fingerprint density at radius 1 is 1.25 bits per heavy atom. The van der Waals surface area contributed by atoms with Gasteiger partial charge in [0.1, 0.15) is 0 Å². The highest BCUT2D eigenvalue weighted by Gasteiger charge is 2.03. The predicted octanol–water partition coefficient (Wildman–Crippen LogP) is 2.75. The fourth-order valence-electron chi connectivity index (χ4n) is 2.31. The maximum Gasteiger partial charge on any atom is 0.335 e. The number of nitrogens with one attached hydrogen (secondary N) is 1. The molecule has 0 radical (unpaired) electrons. The number of carboxylic acids is 1. The molecule has 0 aliphatic carbocycles. The minimum absolute atomic E-state index is 0.107. The first kappa shape index (κ1) is 17.3. The van der Waals surface area contributed by atoms with Crippen LogP contribution in [-0.2, 0) is 0 Å². The molecule has 0 heterocycles. The molecule has 2 aromatic carbocycles. The zero-order chi connectivity index (χ0) is 17.5. The Hall–Kier alpha value is -3.02. The normalized spacial score (nSPS) is 10.8. The van der Waals surface area contributed by atoms with Crippen LogP contribution < -0.4 is 15.4 Å². The molecule has 0 amide bonds. The van der Waals surface area contributed by atoms with E-state index in [1.807, 2.05) is 19.9 Å². The van der Waals surface area contributed by atoms with Crippen molar-refractivity contribution in [1.82, 2.24) is 0 Å². The van der Waals surface area contributed by atoms with Crippen molar-refractivity contribution in [3.05, 3.63) is 53.6 Å². The molecular weight excluding hydrogens is 306 g/mol. The molecule has 0 saturated heterocycles. The first-order valence-electron chi connectivity index (χ1n) is 7.73. The summed E-state index contributed by atoms with van der Waals surface area (Å²) in [6.07, 6.45) is 1.43. The summed E-state index contributed by atoms with van der Waals surface area (Å²) in [6.45, 7) is 5.76. The Labute approximate surface area is 141 Å². The molecule has 24 heavy (non-hydrogen) atoms. The molecular formula is C18H20N3O3-. The van der Waals surface area contributed by atoms with Crippen LogP contribution in [0.5, 0.6) is 5.75 Å². The Morgan fingerprint density at radius 3 is 2.62 bits per heavy atom. The molecule has 126 valence electrons. The van der Waals surface area contributed by atoms with Crippen molar-refractivity contribution in [2.45, 2.75) is 13.8 Å². The third-order valence-electron chi connectivity index (χ3n) is 3.63. The van der Waals surface area contributed by atoms with Crippen LogP contribution in [0.2, 0.25) is 0 Å². The molecule has 0 saturated carbocycles. The highest BCUT2D eigenvalue weighted by atomic mass is 16.4. The number of anilines is 2. The third-order valence-corrected chi connectivity index (χ3v) is 3.63. The van der Waals surface area contributed by atoms with Gasteiger partial charge in [-0.15, -0.1) is 0 Å². The summed E-state index contributed by atoms with van der Waals surface area (Å²) in [6, 6.07) is 11.5. The van der Waals surface area contributed by atoms with Crippen LogP contribution in [0.3, 0.4) is 0 Å². The standard InChI is InChI=1S/C18H21N3O3/c1-3-21(4-2)16-9-8-14(17(22)11-16)12-19-20-15-7-5-6-13(10-15)18(23)24/h5-12,20,22H,3-4H2,1-2H3,(H,23,24)/p-1/b19-12+. The van der Waals surface area contributed by atoms with Crippen LogP contribution in [0, 0.1) is 0 Å². The maximum atomic E-state index is 12.1. The second kappa shape index (κ2) is 8.01. The lowest BCUT2D eigenvalue weighted by Gasteiger charge is -2.23. The first-order valence-corrected chi connectivity index (χ1v) is 7.73. The maximum absolute atomic E-state index is 12.1. The van der Waals surface area contributed by atoms with Crippen molar-refractivity contribution in [1.29, 1.82) is 0 Å². The minimum atomic E-state index is -1.00. The van der Waals surface area contributed by atoms with Crippen LogP contribution in [-0.4, -0.2) is 30.4 Å². The van der Waals surface area contributed by atoms with Gasteiger partial charge in [0.15, 0.2) is 0 Å². The number of benzene rings is 2. The number of aromatic carboxylic acids is 1. The van der Waals surface area contributed by atoms with Crippen LogP contribution >= 0.6 is 0 Å². The van der Waals surface area contributed by atoms with Crippen LogP contribution in [0.1, 0.15) is 29.8 Å². The molecule has 6 nitrogen and oxygen atoms in total. The number of hydrogen-bond acceptors (Lipinski definition) is 5. The van der Waals surface area contributed by atoms with E-state index in [2.05, 4.69) is 15.4 Å². The molecule has 0 bridgehead atoms. The molecule has 0 spiro atoms. The average molecular weight is 326 g/mol. The molecule has 0 aliphatic rings. The molecule has 0 atom stereocenters. The summed E-state index contributed by atoms with van der Waals surface area (Å²) in [4.78, 5) is 13.0. The fourth-order valence-corrected chi connectivity index (χ4v) is 2.31. The Bertz CT molecular complexity index is 740. The lowest BCUT2D eigenvalue weighted by molar-refractivity contribution is -0.268. The SMILES string of the molecule is CCN(CC)c1ccc(/C=N/Nc2cccc(C(=O)O)c2)c([O-])c1. The van der Waals surface area contributed by atoms with Crippen LogP contribution in [0.15, 0.2) is 47.6 Å².